The number of para-hydroxylation sites is 1. The zero-order valence-corrected chi connectivity index (χ0v) is 9.67. The van der Waals surface area contributed by atoms with Gasteiger partial charge in [0.25, 0.3) is 0 Å². The second-order valence-corrected chi connectivity index (χ2v) is 4.33. The van der Waals surface area contributed by atoms with Crippen LogP contribution < -0.4 is 4.90 Å². The Hall–Kier alpha value is -2.43. The van der Waals surface area contributed by atoms with E-state index in [1.165, 1.54) is 11.3 Å². The van der Waals surface area contributed by atoms with Gasteiger partial charge in [0.2, 0.25) is 0 Å². The third kappa shape index (κ3) is 1.24. The lowest BCUT2D eigenvalue weighted by Crippen LogP contribution is -2.15. The maximum Gasteiger partial charge on any atom is 0.182 e. The number of hydrogen-bond acceptors (Lipinski definition) is 4. The van der Waals surface area contributed by atoms with Crippen molar-refractivity contribution in [1.29, 1.82) is 0 Å². The van der Waals surface area contributed by atoms with Crippen LogP contribution in [0.3, 0.4) is 0 Å². The number of benzene rings is 1. The van der Waals surface area contributed by atoms with Crippen molar-refractivity contribution in [1.82, 2.24) is 19.9 Å². The predicted octanol–water partition coefficient (Wildman–Crippen LogP) is 2.05. The Kier molecular flexibility index (Phi) is 1.88. The van der Waals surface area contributed by atoms with Gasteiger partial charge in [-0.2, -0.15) is 0 Å². The van der Waals surface area contributed by atoms with Gasteiger partial charge in [-0.05, 0) is 18.1 Å². The van der Waals surface area contributed by atoms with E-state index in [0.717, 1.165) is 24.3 Å². The van der Waals surface area contributed by atoms with E-state index in [4.69, 9.17) is 0 Å². The number of imidazole rings is 1. The number of aromatic amines is 1. The average molecular weight is 237 g/mol. The maximum absolute atomic E-state index is 4.40. The van der Waals surface area contributed by atoms with Crippen molar-refractivity contribution in [2.45, 2.75) is 6.42 Å². The summed E-state index contributed by atoms with van der Waals surface area (Å²) in [5.74, 6) is 0.905. The molecule has 0 unspecified atom stereocenters. The molecule has 0 radical (unpaired) electrons. The van der Waals surface area contributed by atoms with Gasteiger partial charge >= 0.3 is 0 Å². The van der Waals surface area contributed by atoms with Crippen LogP contribution in [0.4, 0.5) is 11.5 Å². The predicted molar refractivity (Wildman–Crippen MR) is 68.8 cm³/mol. The summed E-state index contributed by atoms with van der Waals surface area (Å²) < 4.78 is 0. The molecule has 5 nitrogen and oxygen atoms in total. The Morgan fingerprint density at radius 3 is 3.06 bits per heavy atom. The molecule has 18 heavy (non-hydrogen) atoms. The van der Waals surface area contributed by atoms with E-state index in [-0.39, 0.29) is 0 Å². The van der Waals surface area contributed by atoms with Crippen LogP contribution in [0.1, 0.15) is 5.56 Å². The molecule has 3 heterocycles. The lowest BCUT2D eigenvalue weighted by molar-refractivity contribution is 0.972. The normalized spacial score (nSPS) is 14.1. The number of anilines is 2. The Balaban J connectivity index is 1.92. The van der Waals surface area contributed by atoms with Crippen molar-refractivity contribution >= 4 is 22.7 Å². The number of nitrogens with one attached hydrogen (secondary N) is 1. The molecule has 5 heteroatoms. The lowest BCUT2D eigenvalue weighted by atomic mass is 10.2. The van der Waals surface area contributed by atoms with E-state index >= 15 is 0 Å². The Labute approximate surface area is 104 Å². The quantitative estimate of drug-likeness (QED) is 0.703. The summed E-state index contributed by atoms with van der Waals surface area (Å²) >= 11 is 0. The van der Waals surface area contributed by atoms with Gasteiger partial charge in [0, 0.05) is 12.2 Å². The number of hydrogen-bond donors (Lipinski definition) is 1. The summed E-state index contributed by atoms with van der Waals surface area (Å²) in [4.78, 5) is 18.1. The van der Waals surface area contributed by atoms with Gasteiger partial charge in [0.1, 0.15) is 11.8 Å². The highest BCUT2D eigenvalue weighted by Gasteiger charge is 2.23. The molecule has 1 aliphatic heterocycles. The van der Waals surface area contributed by atoms with Crippen LogP contribution in [0.2, 0.25) is 0 Å². The smallest absolute Gasteiger partial charge is 0.182 e. The summed E-state index contributed by atoms with van der Waals surface area (Å²) in [6.07, 6.45) is 4.28. The Morgan fingerprint density at radius 1 is 1.11 bits per heavy atom. The van der Waals surface area contributed by atoms with Crippen LogP contribution in [0.15, 0.2) is 36.9 Å². The molecule has 88 valence electrons. The minimum atomic E-state index is 0.712. The van der Waals surface area contributed by atoms with Crippen LogP contribution in [0.5, 0.6) is 0 Å². The first-order chi connectivity index (χ1) is 8.93. The Bertz CT molecular complexity index is 718. The molecule has 4 rings (SSSR count). The van der Waals surface area contributed by atoms with E-state index < -0.39 is 0 Å². The number of aromatic nitrogens is 4. The number of nitrogens with zero attached hydrogens (tertiary/aromatic N) is 4. The van der Waals surface area contributed by atoms with Gasteiger partial charge in [-0.25, -0.2) is 15.0 Å². The van der Waals surface area contributed by atoms with Crippen LogP contribution in [0.25, 0.3) is 11.2 Å². The van der Waals surface area contributed by atoms with Gasteiger partial charge in [0.15, 0.2) is 11.5 Å². The van der Waals surface area contributed by atoms with Crippen LogP contribution in [-0.4, -0.2) is 26.5 Å². The van der Waals surface area contributed by atoms with Gasteiger partial charge in [-0.1, -0.05) is 18.2 Å². The topological polar surface area (TPSA) is 57.7 Å². The van der Waals surface area contributed by atoms with E-state index in [1.807, 2.05) is 0 Å². The molecule has 0 aliphatic carbocycles. The zero-order valence-electron chi connectivity index (χ0n) is 9.67. The lowest BCUT2D eigenvalue weighted by Gasteiger charge is -2.18. The molecule has 1 aromatic carbocycles. The summed E-state index contributed by atoms with van der Waals surface area (Å²) in [5, 5.41) is 0. The van der Waals surface area contributed by atoms with Gasteiger partial charge in [0.05, 0.1) is 6.33 Å². The molecular formula is C13H11N5. The number of fused-ring (bicyclic) bond motifs is 2. The van der Waals surface area contributed by atoms with Crippen molar-refractivity contribution in [3.8, 4) is 0 Å². The van der Waals surface area contributed by atoms with Crippen LogP contribution >= 0.6 is 0 Å². The molecule has 0 amide bonds. The van der Waals surface area contributed by atoms with Gasteiger partial charge in [-0.15, -0.1) is 0 Å². The highest BCUT2D eigenvalue weighted by molar-refractivity contribution is 5.86. The molecule has 0 atom stereocenters. The first-order valence-electron chi connectivity index (χ1n) is 5.93. The molecule has 2 aromatic heterocycles. The summed E-state index contributed by atoms with van der Waals surface area (Å²) in [7, 11) is 0. The molecule has 0 saturated heterocycles. The fraction of sp³-hybridized carbons (Fsp3) is 0.154. The molecule has 0 saturated carbocycles. The van der Waals surface area contributed by atoms with Gasteiger partial charge < -0.3 is 9.88 Å². The molecule has 3 aromatic rings. The second kappa shape index (κ2) is 3.53. The monoisotopic (exact) mass is 237 g/mol. The number of rotatable bonds is 1. The summed E-state index contributed by atoms with van der Waals surface area (Å²) in [6.45, 7) is 0.949. The maximum atomic E-state index is 4.40. The van der Waals surface area contributed by atoms with E-state index in [2.05, 4.69) is 49.1 Å². The third-order valence-electron chi connectivity index (χ3n) is 3.35. The third-order valence-corrected chi connectivity index (χ3v) is 3.35. The molecule has 1 N–H and O–H groups in total. The first kappa shape index (κ1) is 9.58. The first-order valence-corrected chi connectivity index (χ1v) is 5.93. The van der Waals surface area contributed by atoms with Gasteiger partial charge in [-0.3, -0.25) is 0 Å². The Morgan fingerprint density at radius 2 is 2.06 bits per heavy atom. The van der Waals surface area contributed by atoms with Crippen molar-refractivity contribution in [2.75, 3.05) is 11.4 Å². The van der Waals surface area contributed by atoms with Crippen LogP contribution in [-0.2, 0) is 6.42 Å². The highest BCUT2D eigenvalue weighted by Crippen LogP contribution is 2.35. The van der Waals surface area contributed by atoms with Crippen molar-refractivity contribution < 1.29 is 0 Å². The second-order valence-electron chi connectivity index (χ2n) is 4.33. The average Bonchev–Trinajstić information content (AvgIpc) is 3.05. The minimum absolute atomic E-state index is 0.712. The van der Waals surface area contributed by atoms with Crippen LogP contribution in [0, 0.1) is 0 Å². The largest absolute Gasteiger partial charge is 0.340 e. The van der Waals surface area contributed by atoms with Crippen molar-refractivity contribution in [3.05, 3.63) is 42.5 Å². The minimum Gasteiger partial charge on any atom is -0.340 e. The summed E-state index contributed by atoms with van der Waals surface area (Å²) in [6, 6.07) is 8.43. The van der Waals surface area contributed by atoms with Crippen molar-refractivity contribution in [2.24, 2.45) is 0 Å². The highest BCUT2D eigenvalue weighted by atomic mass is 15.2. The van der Waals surface area contributed by atoms with E-state index in [1.54, 1.807) is 12.7 Å². The van der Waals surface area contributed by atoms with E-state index in [9.17, 15) is 0 Å². The summed E-state index contributed by atoms with van der Waals surface area (Å²) in [5.41, 5.74) is 4.20. The van der Waals surface area contributed by atoms with Crippen molar-refractivity contribution in [3.63, 3.8) is 0 Å². The fourth-order valence-corrected chi connectivity index (χ4v) is 2.52. The zero-order chi connectivity index (χ0) is 11.9. The SMILES string of the molecule is c1ccc2c(c1)CCN2c1ncnc2nc[nH]c12. The fourth-order valence-electron chi connectivity index (χ4n) is 2.52. The molecule has 0 fully saturated rings. The molecule has 1 aliphatic rings. The molecule has 0 bridgehead atoms. The number of H-pyrrole nitrogens is 1. The molecular weight excluding hydrogens is 226 g/mol. The van der Waals surface area contributed by atoms with E-state index in [0.29, 0.717) is 5.65 Å². The standard InChI is InChI=1S/C13H11N5/c1-2-4-10-9(3-1)5-6-18(10)13-11-12(15-7-14-11)16-8-17-13/h1-4,7-8H,5-6H2,(H,14,15,16,17). The molecule has 0 spiro atoms.